The molecule has 18 heavy (non-hydrogen) atoms. The Hall–Kier alpha value is -1.58. The SMILES string of the molecule is Cc1cc(/C=C/C(=O)O)nc2c(Cl)cc(Cl)cc12. The van der Waals surface area contributed by atoms with Gasteiger partial charge >= 0.3 is 5.97 Å². The van der Waals surface area contributed by atoms with Crippen molar-refractivity contribution in [1.29, 1.82) is 0 Å². The Morgan fingerprint density at radius 1 is 1.33 bits per heavy atom. The van der Waals surface area contributed by atoms with Crippen LogP contribution in [0.4, 0.5) is 0 Å². The molecule has 1 heterocycles. The van der Waals surface area contributed by atoms with E-state index in [1.165, 1.54) is 6.08 Å². The zero-order chi connectivity index (χ0) is 13.3. The molecule has 1 aromatic heterocycles. The van der Waals surface area contributed by atoms with Gasteiger partial charge in [-0.15, -0.1) is 0 Å². The lowest BCUT2D eigenvalue weighted by Crippen LogP contribution is -1.91. The van der Waals surface area contributed by atoms with Crippen LogP contribution < -0.4 is 0 Å². The average molecular weight is 282 g/mol. The molecule has 2 aromatic rings. The van der Waals surface area contributed by atoms with Gasteiger partial charge in [0, 0.05) is 16.5 Å². The van der Waals surface area contributed by atoms with Crippen molar-refractivity contribution in [3.63, 3.8) is 0 Å². The summed E-state index contributed by atoms with van der Waals surface area (Å²) in [4.78, 5) is 14.8. The molecule has 2 rings (SSSR count). The maximum atomic E-state index is 10.5. The first-order chi connectivity index (χ1) is 8.47. The summed E-state index contributed by atoms with van der Waals surface area (Å²) in [6, 6.07) is 5.19. The summed E-state index contributed by atoms with van der Waals surface area (Å²) in [5.74, 6) is -1.02. The molecule has 0 amide bonds. The first-order valence-corrected chi connectivity index (χ1v) is 5.90. The average Bonchev–Trinajstić information content (AvgIpc) is 2.28. The number of aliphatic carboxylic acids is 1. The van der Waals surface area contributed by atoms with Gasteiger partial charge in [0.1, 0.15) is 0 Å². The third kappa shape index (κ3) is 2.63. The second-order valence-electron chi connectivity index (χ2n) is 3.82. The molecule has 0 saturated carbocycles. The Labute approximate surface area is 114 Å². The van der Waals surface area contributed by atoms with Gasteiger partial charge in [-0.2, -0.15) is 0 Å². The zero-order valence-electron chi connectivity index (χ0n) is 9.45. The van der Waals surface area contributed by atoms with Crippen molar-refractivity contribution in [3.05, 3.63) is 45.6 Å². The Balaban J connectivity index is 2.65. The predicted molar refractivity (Wildman–Crippen MR) is 73.2 cm³/mol. The van der Waals surface area contributed by atoms with Gasteiger partial charge in [0.25, 0.3) is 0 Å². The van der Waals surface area contributed by atoms with Crippen LogP contribution in [-0.4, -0.2) is 16.1 Å². The lowest BCUT2D eigenvalue weighted by Gasteiger charge is -2.06. The highest BCUT2D eigenvalue weighted by atomic mass is 35.5. The van der Waals surface area contributed by atoms with E-state index in [2.05, 4.69) is 4.98 Å². The summed E-state index contributed by atoms with van der Waals surface area (Å²) in [6.45, 7) is 1.90. The monoisotopic (exact) mass is 281 g/mol. The predicted octanol–water partition coefficient (Wildman–Crippen LogP) is 3.95. The topological polar surface area (TPSA) is 50.2 Å². The standard InChI is InChI=1S/C13H9Cl2NO2/c1-7-4-9(2-3-12(17)18)16-13-10(7)5-8(14)6-11(13)15/h2-6H,1H3,(H,17,18)/b3-2+. The molecule has 1 N–H and O–H groups in total. The molecule has 0 atom stereocenters. The van der Waals surface area contributed by atoms with E-state index in [0.717, 1.165) is 17.0 Å². The number of hydrogen-bond acceptors (Lipinski definition) is 2. The van der Waals surface area contributed by atoms with Gasteiger partial charge in [0.2, 0.25) is 0 Å². The van der Waals surface area contributed by atoms with Crippen molar-refractivity contribution < 1.29 is 9.90 Å². The molecule has 0 saturated heterocycles. The van der Waals surface area contributed by atoms with Gasteiger partial charge in [-0.3, -0.25) is 0 Å². The molecule has 0 radical (unpaired) electrons. The van der Waals surface area contributed by atoms with Crippen LogP contribution in [-0.2, 0) is 4.79 Å². The summed E-state index contributed by atoms with van der Waals surface area (Å²) >= 11 is 12.0. The molecule has 0 unspecified atom stereocenters. The number of halogens is 2. The maximum Gasteiger partial charge on any atom is 0.328 e. The van der Waals surface area contributed by atoms with Crippen molar-refractivity contribution >= 4 is 46.2 Å². The summed E-state index contributed by atoms with van der Waals surface area (Å²) in [7, 11) is 0. The summed E-state index contributed by atoms with van der Waals surface area (Å²) < 4.78 is 0. The molecule has 1 aromatic carbocycles. The number of carbonyl (C=O) groups is 1. The van der Waals surface area contributed by atoms with Crippen LogP contribution in [0.15, 0.2) is 24.3 Å². The molecule has 3 nitrogen and oxygen atoms in total. The number of fused-ring (bicyclic) bond motifs is 1. The first kappa shape index (κ1) is 12.9. The minimum absolute atomic E-state index is 0.450. The summed E-state index contributed by atoms with van der Waals surface area (Å²) in [5.41, 5.74) is 2.10. The van der Waals surface area contributed by atoms with Gasteiger partial charge in [-0.25, -0.2) is 9.78 Å². The highest BCUT2D eigenvalue weighted by Crippen LogP contribution is 2.29. The van der Waals surface area contributed by atoms with Crippen LogP contribution in [0, 0.1) is 6.92 Å². The van der Waals surface area contributed by atoms with E-state index in [-0.39, 0.29) is 0 Å². The molecule has 0 fully saturated rings. The van der Waals surface area contributed by atoms with E-state index in [1.54, 1.807) is 18.2 Å². The quantitative estimate of drug-likeness (QED) is 0.848. The molecule has 0 aliphatic carbocycles. The Morgan fingerprint density at radius 3 is 2.72 bits per heavy atom. The van der Waals surface area contributed by atoms with Crippen LogP contribution in [0.25, 0.3) is 17.0 Å². The van der Waals surface area contributed by atoms with E-state index >= 15 is 0 Å². The van der Waals surface area contributed by atoms with Gasteiger partial charge < -0.3 is 5.11 Å². The maximum absolute atomic E-state index is 10.5. The van der Waals surface area contributed by atoms with Crippen molar-refractivity contribution in [3.8, 4) is 0 Å². The normalized spacial score (nSPS) is 11.3. The van der Waals surface area contributed by atoms with Crippen molar-refractivity contribution in [2.45, 2.75) is 6.92 Å². The number of hydrogen-bond donors (Lipinski definition) is 1. The number of carboxylic acids is 1. The van der Waals surface area contributed by atoms with Crippen molar-refractivity contribution in [1.82, 2.24) is 4.98 Å². The summed E-state index contributed by atoms with van der Waals surface area (Å²) in [5, 5.41) is 10.4. The molecule has 0 bridgehead atoms. The lowest BCUT2D eigenvalue weighted by molar-refractivity contribution is -0.131. The number of aryl methyl sites for hydroxylation is 1. The number of benzene rings is 1. The van der Waals surface area contributed by atoms with Crippen LogP contribution in [0.2, 0.25) is 10.0 Å². The van der Waals surface area contributed by atoms with E-state index in [9.17, 15) is 4.79 Å². The number of pyridine rings is 1. The van der Waals surface area contributed by atoms with Crippen molar-refractivity contribution in [2.24, 2.45) is 0 Å². The van der Waals surface area contributed by atoms with Gasteiger partial charge in [-0.1, -0.05) is 23.2 Å². The third-order valence-corrected chi connectivity index (χ3v) is 2.96. The zero-order valence-corrected chi connectivity index (χ0v) is 11.0. The Bertz CT molecular complexity index is 666. The highest BCUT2D eigenvalue weighted by Gasteiger charge is 2.07. The Morgan fingerprint density at radius 2 is 2.06 bits per heavy atom. The molecular formula is C13H9Cl2NO2. The van der Waals surface area contributed by atoms with Crippen LogP contribution >= 0.6 is 23.2 Å². The number of rotatable bonds is 2. The van der Waals surface area contributed by atoms with Crippen LogP contribution in [0.5, 0.6) is 0 Å². The van der Waals surface area contributed by atoms with E-state index in [0.29, 0.717) is 21.3 Å². The molecule has 5 heteroatoms. The Kier molecular flexibility index (Phi) is 3.55. The number of aromatic nitrogens is 1. The van der Waals surface area contributed by atoms with Gasteiger partial charge in [0.15, 0.2) is 0 Å². The van der Waals surface area contributed by atoms with Crippen molar-refractivity contribution in [2.75, 3.05) is 0 Å². The molecule has 92 valence electrons. The largest absolute Gasteiger partial charge is 0.478 e. The molecule has 0 aliphatic heterocycles. The fraction of sp³-hybridized carbons (Fsp3) is 0.0769. The minimum atomic E-state index is -1.02. The fourth-order valence-corrected chi connectivity index (χ4v) is 2.22. The first-order valence-electron chi connectivity index (χ1n) is 5.15. The van der Waals surface area contributed by atoms with Crippen LogP contribution in [0.3, 0.4) is 0 Å². The van der Waals surface area contributed by atoms with Crippen LogP contribution in [0.1, 0.15) is 11.3 Å². The smallest absolute Gasteiger partial charge is 0.328 e. The number of nitrogens with zero attached hydrogens (tertiary/aromatic N) is 1. The van der Waals surface area contributed by atoms with E-state index in [4.69, 9.17) is 28.3 Å². The van der Waals surface area contributed by atoms with Gasteiger partial charge in [0.05, 0.1) is 16.2 Å². The highest BCUT2D eigenvalue weighted by molar-refractivity contribution is 6.38. The second-order valence-corrected chi connectivity index (χ2v) is 4.66. The van der Waals surface area contributed by atoms with E-state index in [1.807, 2.05) is 6.92 Å². The third-order valence-electron chi connectivity index (χ3n) is 2.45. The van der Waals surface area contributed by atoms with E-state index < -0.39 is 5.97 Å². The summed E-state index contributed by atoms with van der Waals surface area (Å²) in [6.07, 6.45) is 2.47. The fourth-order valence-electron chi connectivity index (χ4n) is 1.68. The number of carboxylic acid groups (broad SMARTS) is 1. The molecular weight excluding hydrogens is 273 g/mol. The molecule has 0 spiro atoms. The molecule has 0 aliphatic rings. The second kappa shape index (κ2) is 4.96. The van der Waals surface area contributed by atoms with Gasteiger partial charge in [-0.05, 0) is 36.8 Å². The minimum Gasteiger partial charge on any atom is -0.478 e. The lowest BCUT2D eigenvalue weighted by atomic mass is 10.1.